The van der Waals surface area contributed by atoms with Crippen molar-refractivity contribution in [2.75, 3.05) is 26.2 Å². The Balaban J connectivity index is 0. The van der Waals surface area contributed by atoms with E-state index in [0.29, 0.717) is 0 Å². The first kappa shape index (κ1) is 14.3. The Kier molecular flexibility index (Phi) is 12.8. The molecule has 0 amide bonds. The molecule has 0 unspecified atom stereocenters. The van der Waals surface area contributed by atoms with Crippen molar-refractivity contribution < 1.29 is 10.2 Å². The van der Waals surface area contributed by atoms with Gasteiger partial charge in [-0.25, -0.2) is 0 Å². The van der Waals surface area contributed by atoms with Crippen molar-refractivity contribution in [3.63, 3.8) is 0 Å². The summed E-state index contributed by atoms with van der Waals surface area (Å²) in [6.07, 6.45) is -1.02. The van der Waals surface area contributed by atoms with Crippen molar-refractivity contribution in [3.8, 4) is 0 Å². The van der Waals surface area contributed by atoms with Gasteiger partial charge in [-0.3, -0.25) is 0 Å². The average molecular weight is 180 g/mol. The summed E-state index contributed by atoms with van der Waals surface area (Å²) in [5, 5.41) is 16.8. The zero-order valence-electron chi connectivity index (χ0n) is 7.19. The first-order valence-corrected chi connectivity index (χ1v) is 3.78. The number of rotatable bonds is 4. The van der Waals surface area contributed by atoms with Gasteiger partial charge in [0.15, 0.2) is 0 Å². The van der Waals surface area contributed by atoms with E-state index in [1.165, 1.54) is 0 Å². The first-order valence-electron chi connectivity index (χ1n) is 3.78. The van der Waals surface area contributed by atoms with Crippen LogP contribution in [0.5, 0.6) is 0 Å². The standard InChI is InChI=1S/2C3H10N2O/c2*4-1-3(6)2-5/h2*3,6H,1-2,4-5H2. The van der Waals surface area contributed by atoms with Crippen LogP contribution in [0.3, 0.4) is 0 Å². The van der Waals surface area contributed by atoms with Crippen molar-refractivity contribution in [3.05, 3.63) is 0 Å². The van der Waals surface area contributed by atoms with Gasteiger partial charge >= 0.3 is 0 Å². The SMILES string of the molecule is NCC(O)CN.NCC(O)CN. The molecule has 0 heterocycles. The molecule has 6 heteroatoms. The lowest BCUT2D eigenvalue weighted by Crippen LogP contribution is -2.27. The molecule has 0 aliphatic carbocycles. The largest absolute Gasteiger partial charge is 0.390 e. The number of aliphatic hydroxyl groups excluding tert-OH is 2. The minimum absolute atomic E-state index is 0.260. The molecule has 10 N–H and O–H groups in total. The monoisotopic (exact) mass is 180 g/mol. The average Bonchev–Trinajstić information content (AvgIpc) is 2.16. The Bertz CT molecular complexity index is 65.9. The van der Waals surface area contributed by atoms with Crippen LogP contribution in [-0.4, -0.2) is 48.6 Å². The van der Waals surface area contributed by atoms with Gasteiger partial charge in [-0.2, -0.15) is 0 Å². The van der Waals surface area contributed by atoms with E-state index >= 15 is 0 Å². The molecule has 0 saturated heterocycles. The second kappa shape index (κ2) is 10.8. The van der Waals surface area contributed by atoms with E-state index in [1.54, 1.807) is 0 Å². The first-order chi connectivity index (χ1) is 5.62. The highest BCUT2D eigenvalue weighted by atomic mass is 16.3. The molecule has 0 aromatic heterocycles. The molecular formula is C6H20N4O2. The fourth-order valence-corrected chi connectivity index (χ4v) is 0.192. The van der Waals surface area contributed by atoms with Crippen LogP contribution in [0.4, 0.5) is 0 Å². The molecule has 0 aromatic rings. The zero-order chi connectivity index (χ0) is 9.98. The Hall–Kier alpha value is -0.240. The molecule has 0 radical (unpaired) electrons. The molecule has 0 bridgehead atoms. The van der Waals surface area contributed by atoms with Crippen LogP contribution in [-0.2, 0) is 0 Å². The smallest absolute Gasteiger partial charge is 0.0784 e. The van der Waals surface area contributed by atoms with Crippen molar-refractivity contribution in [2.45, 2.75) is 12.2 Å². The van der Waals surface area contributed by atoms with Crippen LogP contribution >= 0.6 is 0 Å². The molecule has 0 saturated carbocycles. The summed E-state index contributed by atoms with van der Waals surface area (Å²) in [5.74, 6) is 0. The molecule has 0 atom stereocenters. The molecule has 12 heavy (non-hydrogen) atoms. The Morgan fingerprint density at radius 1 is 0.667 bits per heavy atom. The number of hydrogen-bond acceptors (Lipinski definition) is 6. The summed E-state index contributed by atoms with van der Waals surface area (Å²) < 4.78 is 0. The molecule has 6 nitrogen and oxygen atoms in total. The molecule has 0 aromatic carbocycles. The maximum Gasteiger partial charge on any atom is 0.0784 e. The van der Waals surface area contributed by atoms with Crippen LogP contribution in [0.2, 0.25) is 0 Å². The van der Waals surface area contributed by atoms with Gasteiger partial charge < -0.3 is 33.1 Å². The van der Waals surface area contributed by atoms with E-state index in [-0.39, 0.29) is 26.2 Å². The summed E-state index contributed by atoms with van der Waals surface area (Å²) in [6.45, 7) is 1.04. The minimum Gasteiger partial charge on any atom is -0.390 e. The van der Waals surface area contributed by atoms with E-state index in [0.717, 1.165) is 0 Å². The van der Waals surface area contributed by atoms with Crippen LogP contribution in [0.1, 0.15) is 0 Å². The third-order valence-corrected chi connectivity index (χ3v) is 1.09. The normalized spacial score (nSPS) is 10.0. The van der Waals surface area contributed by atoms with Crippen molar-refractivity contribution in [1.82, 2.24) is 0 Å². The highest BCUT2D eigenvalue weighted by Gasteiger charge is 1.91. The van der Waals surface area contributed by atoms with Crippen molar-refractivity contribution in [1.29, 1.82) is 0 Å². The highest BCUT2D eigenvalue weighted by Crippen LogP contribution is 1.66. The lowest BCUT2D eigenvalue weighted by molar-refractivity contribution is 0.191. The predicted molar refractivity (Wildman–Crippen MR) is 48.2 cm³/mol. The third-order valence-electron chi connectivity index (χ3n) is 1.09. The minimum atomic E-state index is -0.509. The van der Waals surface area contributed by atoms with Gasteiger partial charge in [-0.1, -0.05) is 0 Å². The van der Waals surface area contributed by atoms with Gasteiger partial charge in [0.25, 0.3) is 0 Å². The van der Waals surface area contributed by atoms with Gasteiger partial charge in [-0.15, -0.1) is 0 Å². The van der Waals surface area contributed by atoms with Gasteiger partial charge in [-0.05, 0) is 0 Å². The summed E-state index contributed by atoms with van der Waals surface area (Å²) in [4.78, 5) is 0. The van der Waals surface area contributed by atoms with Crippen molar-refractivity contribution >= 4 is 0 Å². The second-order valence-electron chi connectivity index (χ2n) is 2.25. The quantitative estimate of drug-likeness (QED) is 0.265. The van der Waals surface area contributed by atoms with E-state index in [2.05, 4.69) is 0 Å². The van der Waals surface area contributed by atoms with Gasteiger partial charge in [0.1, 0.15) is 0 Å². The lowest BCUT2D eigenvalue weighted by Gasteiger charge is -1.98. The van der Waals surface area contributed by atoms with Gasteiger partial charge in [0, 0.05) is 26.2 Å². The fraction of sp³-hybridized carbons (Fsp3) is 1.00. The number of hydrogen-bond donors (Lipinski definition) is 6. The van der Waals surface area contributed by atoms with Crippen LogP contribution < -0.4 is 22.9 Å². The third kappa shape index (κ3) is 12.4. The van der Waals surface area contributed by atoms with Crippen LogP contribution in [0, 0.1) is 0 Å². The maximum atomic E-state index is 8.42. The summed E-state index contributed by atoms with van der Waals surface area (Å²) in [7, 11) is 0. The molecule has 0 rings (SSSR count). The molecule has 76 valence electrons. The number of nitrogens with two attached hydrogens (primary N) is 4. The zero-order valence-corrected chi connectivity index (χ0v) is 7.19. The lowest BCUT2D eigenvalue weighted by atomic mass is 10.4. The molecule has 0 aliphatic rings. The van der Waals surface area contributed by atoms with E-state index in [9.17, 15) is 0 Å². The summed E-state index contributed by atoms with van der Waals surface area (Å²) >= 11 is 0. The highest BCUT2D eigenvalue weighted by molar-refractivity contribution is 4.52. The van der Waals surface area contributed by atoms with E-state index < -0.39 is 12.2 Å². The Morgan fingerprint density at radius 2 is 0.833 bits per heavy atom. The molecule has 0 fully saturated rings. The fourth-order valence-electron chi connectivity index (χ4n) is 0.192. The summed E-state index contributed by atoms with van der Waals surface area (Å²) in [6, 6.07) is 0. The van der Waals surface area contributed by atoms with Gasteiger partial charge in [0.05, 0.1) is 12.2 Å². The molecular weight excluding hydrogens is 160 g/mol. The van der Waals surface area contributed by atoms with E-state index in [4.69, 9.17) is 33.1 Å². The Morgan fingerprint density at radius 3 is 0.833 bits per heavy atom. The summed E-state index contributed by atoms with van der Waals surface area (Å²) in [5.41, 5.74) is 19.8. The van der Waals surface area contributed by atoms with Crippen molar-refractivity contribution in [2.24, 2.45) is 22.9 Å². The van der Waals surface area contributed by atoms with Crippen LogP contribution in [0.25, 0.3) is 0 Å². The van der Waals surface area contributed by atoms with Crippen LogP contribution in [0.15, 0.2) is 0 Å². The maximum absolute atomic E-state index is 8.42. The van der Waals surface area contributed by atoms with E-state index in [1.807, 2.05) is 0 Å². The Labute approximate surface area is 72.5 Å². The molecule has 0 spiro atoms. The number of aliphatic hydroxyl groups is 2. The molecule has 0 aliphatic heterocycles. The topological polar surface area (TPSA) is 145 Å². The van der Waals surface area contributed by atoms with Gasteiger partial charge in [0.2, 0.25) is 0 Å². The predicted octanol–water partition coefficient (Wildman–Crippen LogP) is -3.47. The second-order valence-corrected chi connectivity index (χ2v) is 2.25.